The van der Waals surface area contributed by atoms with E-state index < -0.39 is 0 Å². The maximum absolute atomic E-state index is 6.83. The van der Waals surface area contributed by atoms with Crippen molar-refractivity contribution >= 4 is 165 Å². The highest BCUT2D eigenvalue weighted by Gasteiger charge is 2.46. The molecule has 0 fully saturated rings. The van der Waals surface area contributed by atoms with E-state index in [4.69, 9.17) is 13.3 Å². The number of aryl methyl sites for hydroxylation is 6. The molecular weight excluding hydrogens is 1640 g/mol. The predicted octanol–water partition coefficient (Wildman–Crippen LogP) is 34.3. The molecule has 3 heterocycles. The van der Waals surface area contributed by atoms with Crippen molar-refractivity contribution in [3.8, 4) is 44.5 Å². The number of para-hydroxylation sites is 9. The third-order valence-electron chi connectivity index (χ3n) is 28.0. The number of fused-ring (bicyclic) bond motifs is 25. The van der Waals surface area contributed by atoms with Crippen molar-refractivity contribution in [1.29, 1.82) is 0 Å². The largest absolute Gasteiger partial charge is 0.454 e. The Labute approximate surface area is 740 Å². The maximum atomic E-state index is 6.83. The van der Waals surface area contributed by atoms with Crippen molar-refractivity contribution in [2.24, 2.45) is 0 Å². The van der Waals surface area contributed by atoms with Crippen LogP contribution in [0.3, 0.4) is 0 Å². The second-order valence-electron chi connectivity index (χ2n) is 36.8. The van der Waals surface area contributed by atoms with Crippen LogP contribution in [0, 0.1) is 41.5 Å². The van der Waals surface area contributed by atoms with Crippen LogP contribution in [0.5, 0.6) is 0 Å². The molecule has 0 amide bonds. The minimum Gasteiger partial charge on any atom is -0.454 e. The first-order valence-electron chi connectivity index (χ1n) is 43.2. The normalized spacial score (nSPS) is 14.2. The minimum absolute atomic E-state index is 0.00299. The lowest BCUT2D eigenvalue weighted by molar-refractivity contribution is 0.639. The number of anilines is 8. The average molecular weight is 1740 g/mol. The predicted molar refractivity (Wildman–Crippen MR) is 529 cm³/mol. The van der Waals surface area contributed by atoms with Gasteiger partial charge in [0.15, 0.2) is 16.7 Å². The Morgan fingerprint density at radius 2 is 0.621 bits per heavy atom. The Hall–Kier alpha value is -13.0. The van der Waals surface area contributed by atoms with Crippen molar-refractivity contribution in [2.45, 2.75) is 119 Å². The van der Waals surface area contributed by atoms with Gasteiger partial charge in [-0.3, -0.25) is 0 Å². The van der Waals surface area contributed by atoms with E-state index in [0.29, 0.717) is 0 Å². The zero-order valence-electron chi connectivity index (χ0n) is 72.2. The number of hydrogen-bond acceptors (Lipinski definition) is 6. The fourth-order valence-electron chi connectivity index (χ4n) is 21.7. The average Bonchev–Trinajstić information content (AvgIpc) is 1.53. The third kappa shape index (κ3) is 11.5. The molecule has 604 valence electrons. The van der Waals surface area contributed by atoms with Crippen LogP contribution in [0.4, 0.5) is 45.5 Å². The molecule has 0 spiro atoms. The van der Waals surface area contributed by atoms with E-state index in [-0.39, 0.29) is 21.7 Å². The van der Waals surface area contributed by atoms with E-state index >= 15 is 0 Å². The monoisotopic (exact) mass is 1730 g/mol. The first-order chi connectivity index (χ1) is 59.8. The molecule has 0 atom stereocenters. The molecule has 24 rings (SSSR count). The highest BCUT2D eigenvalue weighted by atomic mass is 79.9. The van der Waals surface area contributed by atoms with Gasteiger partial charge < -0.3 is 28.4 Å². The maximum Gasteiger partial charge on any atom is 0.159 e. The van der Waals surface area contributed by atoms with Crippen molar-refractivity contribution in [3.63, 3.8) is 0 Å². The Morgan fingerprint density at radius 1 is 0.258 bits per heavy atom. The zero-order valence-corrected chi connectivity index (χ0v) is 75.4. The van der Waals surface area contributed by atoms with Gasteiger partial charge in [-0.2, -0.15) is 0 Å². The second-order valence-corrected chi connectivity index (χ2v) is 38.6. The summed E-state index contributed by atoms with van der Waals surface area (Å²) in [5.41, 5.74) is 42.8. The molecule has 3 aromatic heterocycles. The van der Waals surface area contributed by atoms with Crippen molar-refractivity contribution in [1.82, 2.24) is 0 Å². The number of hydrogen-bond donors (Lipinski definition) is 1. The second kappa shape index (κ2) is 28.3. The van der Waals surface area contributed by atoms with Crippen LogP contribution in [-0.2, 0) is 21.7 Å². The number of nitrogens with one attached hydrogen (secondary N) is 1. The molecule has 124 heavy (non-hydrogen) atoms. The first-order valence-corrected chi connectivity index (χ1v) is 44.8. The number of nitrogens with zero attached hydrogens (tertiary/aromatic N) is 2. The summed E-state index contributed by atoms with van der Waals surface area (Å²) in [7, 11) is 0. The van der Waals surface area contributed by atoms with Gasteiger partial charge in [-0.1, -0.05) is 306 Å². The molecule has 0 aliphatic heterocycles. The van der Waals surface area contributed by atoms with Crippen LogP contribution in [0.1, 0.15) is 133 Å². The molecule has 8 heteroatoms. The first kappa shape index (κ1) is 77.1. The van der Waals surface area contributed by atoms with E-state index in [9.17, 15) is 0 Å². The van der Waals surface area contributed by atoms with Gasteiger partial charge in [-0.25, -0.2) is 0 Å². The Bertz CT molecular complexity index is 7910. The van der Waals surface area contributed by atoms with Gasteiger partial charge in [0.2, 0.25) is 0 Å². The highest BCUT2D eigenvalue weighted by molar-refractivity contribution is 9.11. The van der Waals surface area contributed by atoms with Crippen molar-refractivity contribution < 1.29 is 13.3 Å². The van der Waals surface area contributed by atoms with Crippen molar-refractivity contribution in [3.05, 3.63) is 390 Å². The third-order valence-corrected chi connectivity index (χ3v) is 29.2. The van der Waals surface area contributed by atoms with E-state index in [2.05, 4.69) is 429 Å². The highest BCUT2D eigenvalue weighted by Crippen LogP contribution is 2.63. The minimum atomic E-state index is -0.309. The van der Waals surface area contributed by atoms with Gasteiger partial charge in [0, 0.05) is 79.7 Å². The lowest BCUT2D eigenvalue weighted by Gasteiger charge is -2.32. The van der Waals surface area contributed by atoms with Gasteiger partial charge in [0.1, 0.15) is 16.7 Å². The van der Waals surface area contributed by atoms with Crippen LogP contribution in [0.2, 0.25) is 0 Å². The molecular formula is C116H93Br2N3O3. The molecule has 20 aromatic rings. The Kier molecular flexibility index (Phi) is 17.6. The smallest absolute Gasteiger partial charge is 0.159 e. The topological polar surface area (TPSA) is 57.9 Å². The van der Waals surface area contributed by atoms with Gasteiger partial charge >= 0.3 is 0 Å². The van der Waals surface area contributed by atoms with E-state index in [1.807, 2.05) is 18.2 Å². The SMILES string of the molecule is CC1(C)c2cc(Br)ccc2-c2cc3c(cc21)C(C)(C)c1cc(Br)c2ccccc2c1-3.Cc1cccc(C)c1N(c1ccc2c(c1)C(C)(C)c1cc3c(cc1-2)-c1c(cc(N(c2c(C)cccc2C)c2cccc4c2oc2ccccc24)c2ccccc12)C3(C)C)c1cccc2c1oc1ccccc12.Cc1cccc(C)c1Nc1cccc2c1oc1ccccc12. The lowest BCUT2D eigenvalue weighted by atomic mass is 9.77. The Balaban J connectivity index is 0.000000142. The van der Waals surface area contributed by atoms with Crippen LogP contribution >= 0.6 is 31.9 Å². The number of benzene rings is 17. The Morgan fingerprint density at radius 3 is 1.14 bits per heavy atom. The summed E-state index contributed by atoms with van der Waals surface area (Å²) < 4.78 is 22.0. The lowest BCUT2D eigenvalue weighted by Crippen LogP contribution is -2.20. The summed E-state index contributed by atoms with van der Waals surface area (Å²) in [5, 5.41) is 15.4. The number of rotatable bonds is 8. The zero-order chi connectivity index (χ0) is 85.1. The van der Waals surface area contributed by atoms with E-state index in [1.165, 1.54) is 160 Å². The van der Waals surface area contributed by atoms with Crippen LogP contribution in [0.15, 0.2) is 326 Å². The van der Waals surface area contributed by atoms with Gasteiger partial charge in [0.25, 0.3) is 0 Å². The summed E-state index contributed by atoms with van der Waals surface area (Å²) in [4.78, 5) is 4.93. The molecule has 17 aromatic carbocycles. The fourth-order valence-corrected chi connectivity index (χ4v) is 22.7. The van der Waals surface area contributed by atoms with Crippen LogP contribution in [0.25, 0.3) is 132 Å². The summed E-state index contributed by atoms with van der Waals surface area (Å²) >= 11 is 7.53. The molecule has 4 aliphatic rings. The summed E-state index contributed by atoms with van der Waals surface area (Å²) in [6, 6.07) is 111. The van der Waals surface area contributed by atoms with Gasteiger partial charge in [-0.05, 0) is 265 Å². The molecule has 0 saturated carbocycles. The summed E-state index contributed by atoms with van der Waals surface area (Å²) in [6.07, 6.45) is 0. The molecule has 0 radical (unpaired) electrons. The molecule has 0 unspecified atom stereocenters. The summed E-state index contributed by atoms with van der Waals surface area (Å²) in [5.74, 6) is 0. The molecule has 0 saturated heterocycles. The quantitative estimate of drug-likeness (QED) is 0.164. The van der Waals surface area contributed by atoms with Gasteiger partial charge in [-0.15, -0.1) is 0 Å². The van der Waals surface area contributed by atoms with Crippen molar-refractivity contribution in [2.75, 3.05) is 15.1 Å². The fraction of sp³-hybridized carbons (Fsp3) is 0.155. The molecule has 0 bridgehead atoms. The molecule has 6 nitrogen and oxygen atoms in total. The number of furan rings is 3. The van der Waals surface area contributed by atoms with Gasteiger partial charge in [0.05, 0.1) is 34.1 Å². The van der Waals surface area contributed by atoms with Crippen LogP contribution < -0.4 is 15.1 Å². The van der Waals surface area contributed by atoms with E-state index in [0.717, 1.165) is 104 Å². The van der Waals surface area contributed by atoms with E-state index in [1.54, 1.807) is 0 Å². The molecule has 1 N–H and O–H groups in total. The number of halogens is 2. The summed E-state index contributed by atoms with van der Waals surface area (Å²) in [6.45, 7) is 32.3. The van der Waals surface area contributed by atoms with Crippen LogP contribution in [-0.4, -0.2) is 0 Å². The standard InChI is InChI=1S/C68H54N2O2.C28H22Br2.C20H17NO/c1-39-19-15-20-40(2)63(39)69(57-29-17-27-49-46-24-11-13-31-60(46)71-65(49)57)43-33-34-44-51-36-52-55(37-54(51)67(5,6)53(44)35-43)68(7,8)56-38-59(45-23-9-10-26-48(45)62(52)56)70(64-41(3)21-16-22-42(64)4)58-30-18-28-50-47-25-12-14-32-61(47)72-66(50)58;1-27(2)21-11-15(29)9-10-16(21)19-12-20-23(13-22(19)27)28(3,4)24-14-25(30)17-7-5-6-8-18(17)26(20)24;1-13-7-5-8-14(2)19(13)21-17-11-6-10-16-15-9-3-4-12-18(15)22-20(16)17/h9-38H,1-8H3;5-14H,1-4H3;3-12,21H,1-2H3. The molecule has 4 aliphatic carbocycles.